The van der Waals surface area contributed by atoms with Gasteiger partial charge in [-0.2, -0.15) is 5.26 Å². The quantitative estimate of drug-likeness (QED) is 0.764. The summed E-state index contributed by atoms with van der Waals surface area (Å²) >= 11 is 0. The number of benzene rings is 1. The van der Waals surface area contributed by atoms with Crippen molar-refractivity contribution in [2.75, 3.05) is 44.7 Å². The predicted octanol–water partition coefficient (Wildman–Crippen LogP) is 3.10. The van der Waals surface area contributed by atoms with E-state index < -0.39 is 0 Å². The van der Waals surface area contributed by atoms with Crippen LogP contribution in [0.1, 0.15) is 44.1 Å². The number of ether oxygens (including phenoxy) is 1. The Hall–Kier alpha value is -2.26. The SMILES string of the molecule is COc1ccc(C)cc1N1CCN(CC[C@H]2CC[C@H](NC(=O)CC#N)CC2)CC1. The molecule has 1 aromatic carbocycles. The fourth-order valence-corrected chi connectivity index (χ4v) is 4.57. The highest BCUT2D eigenvalue weighted by molar-refractivity contribution is 5.78. The van der Waals surface area contributed by atoms with Gasteiger partial charge >= 0.3 is 0 Å². The average Bonchev–Trinajstić information content (AvgIpc) is 2.74. The molecular weight excluding hydrogens is 364 g/mol. The lowest BCUT2D eigenvalue weighted by molar-refractivity contribution is -0.121. The zero-order valence-electron chi connectivity index (χ0n) is 17.8. The lowest BCUT2D eigenvalue weighted by atomic mass is 9.84. The highest BCUT2D eigenvalue weighted by Gasteiger charge is 2.24. The van der Waals surface area contributed by atoms with Gasteiger partial charge in [-0.3, -0.25) is 9.69 Å². The zero-order valence-corrected chi connectivity index (χ0v) is 17.8. The van der Waals surface area contributed by atoms with E-state index in [1.54, 1.807) is 7.11 Å². The second-order valence-corrected chi connectivity index (χ2v) is 8.41. The topological polar surface area (TPSA) is 68.6 Å². The largest absolute Gasteiger partial charge is 0.495 e. The van der Waals surface area contributed by atoms with Crippen LogP contribution < -0.4 is 15.0 Å². The van der Waals surface area contributed by atoms with Gasteiger partial charge in [-0.25, -0.2) is 0 Å². The fraction of sp³-hybridized carbons (Fsp3) is 0.652. The van der Waals surface area contributed by atoms with E-state index in [2.05, 4.69) is 40.2 Å². The van der Waals surface area contributed by atoms with Gasteiger partial charge in [-0.05, 0) is 69.2 Å². The van der Waals surface area contributed by atoms with Crippen LogP contribution in [0.3, 0.4) is 0 Å². The number of nitrogens with one attached hydrogen (secondary N) is 1. The molecule has 158 valence electrons. The number of nitrogens with zero attached hydrogens (tertiary/aromatic N) is 3. The van der Waals surface area contributed by atoms with Crippen LogP contribution in [0, 0.1) is 24.2 Å². The first-order chi connectivity index (χ1) is 14.1. The molecule has 0 spiro atoms. The van der Waals surface area contributed by atoms with Crippen LogP contribution in [-0.2, 0) is 4.79 Å². The standard InChI is InChI=1S/C23H34N4O2/c1-18-3-8-22(29-2)21(17-18)27-15-13-26(14-16-27)12-10-19-4-6-20(7-5-19)25-23(28)9-11-24/h3,8,17,19-20H,4-7,9-10,12-16H2,1-2H3,(H,25,28)/t19-,20-. The molecule has 3 rings (SSSR count). The molecule has 6 nitrogen and oxygen atoms in total. The molecule has 1 N–H and O–H groups in total. The van der Waals surface area contributed by atoms with Gasteiger partial charge in [0.1, 0.15) is 12.2 Å². The molecule has 1 saturated carbocycles. The third-order valence-electron chi connectivity index (χ3n) is 6.35. The Balaban J connectivity index is 1.37. The Bertz CT molecular complexity index is 714. The number of piperazine rings is 1. The molecule has 0 atom stereocenters. The second kappa shape index (κ2) is 10.5. The van der Waals surface area contributed by atoms with E-state index in [9.17, 15) is 4.79 Å². The van der Waals surface area contributed by atoms with Crippen molar-refractivity contribution in [1.82, 2.24) is 10.2 Å². The normalized spacial score (nSPS) is 22.7. The molecule has 1 aliphatic carbocycles. The first kappa shape index (κ1) is 21.4. The van der Waals surface area contributed by atoms with Crippen molar-refractivity contribution in [1.29, 1.82) is 5.26 Å². The molecule has 1 heterocycles. The van der Waals surface area contributed by atoms with Gasteiger partial charge in [0.05, 0.1) is 18.9 Å². The summed E-state index contributed by atoms with van der Waals surface area (Å²) in [4.78, 5) is 16.6. The number of aryl methyl sites for hydroxylation is 1. The molecule has 0 bridgehead atoms. The number of nitriles is 1. The summed E-state index contributed by atoms with van der Waals surface area (Å²) < 4.78 is 5.56. The summed E-state index contributed by atoms with van der Waals surface area (Å²) in [6, 6.07) is 8.57. The molecule has 6 heteroatoms. The first-order valence-corrected chi connectivity index (χ1v) is 10.9. The van der Waals surface area contributed by atoms with Crippen LogP contribution in [0.2, 0.25) is 0 Å². The van der Waals surface area contributed by atoms with E-state index in [-0.39, 0.29) is 18.4 Å². The van der Waals surface area contributed by atoms with Crippen molar-refractivity contribution in [3.63, 3.8) is 0 Å². The second-order valence-electron chi connectivity index (χ2n) is 8.41. The molecule has 1 amide bonds. The fourth-order valence-electron chi connectivity index (χ4n) is 4.57. The number of methoxy groups -OCH3 is 1. The van der Waals surface area contributed by atoms with E-state index >= 15 is 0 Å². The van der Waals surface area contributed by atoms with Gasteiger partial charge in [0.15, 0.2) is 0 Å². The summed E-state index contributed by atoms with van der Waals surface area (Å²) in [6.07, 6.45) is 5.66. The minimum atomic E-state index is -0.126. The number of anilines is 1. The Morgan fingerprint density at radius 2 is 1.93 bits per heavy atom. The molecule has 2 aliphatic rings. The van der Waals surface area contributed by atoms with E-state index in [1.165, 1.54) is 30.5 Å². The third-order valence-corrected chi connectivity index (χ3v) is 6.35. The number of amides is 1. The molecule has 0 radical (unpaired) electrons. The minimum Gasteiger partial charge on any atom is -0.495 e. The van der Waals surface area contributed by atoms with Crippen molar-refractivity contribution >= 4 is 11.6 Å². The Morgan fingerprint density at radius 3 is 2.59 bits per heavy atom. The Kier molecular flexibility index (Phi) is 7.76. The van der Waals surface area contributed by atoms with Crippen molar-refractivity contribution in [3.05, 3.63) is 23.8 Å². The van der Waals surface area contributed by atoms with Gasteiger partial charge in [0, 0.05) is 32.2 Å². The van der Waals surface area contributed by atoms with Crippen molar-refractivity contribution in [2.24, 2.45) is 5.92 Å². The Morgan fingerprint density at radius 1 is 1.21 bits per heavy atom. The number of hydrogen-bond donors (Lipinski definition) is 1. The third kappa shape index (κ3) is 6.11. The highest BCUT2D eigenvalue weighted by Crippen LogP contribution is 2.31. The summed E-state index contributed by atoms with van der Waals surface area (Å²) in [7, 11) is 1.74. The number of rotatable bonds is 7. The first-order valence-electron chi connectivity index (χ1n) is 10.9. The van der Waals surface area contributed by atoms with E-state index in [1.807, 2.05) is 6.07 Å². The molecule has 0 aromatic heterocycles. The van der Waals surface area contributed by atoms with Gasteiger partial charge in [0.2, 0.25) is 5.91 Å². The molecule has 29 heavy (non-hydrogen) atoms. The summed E-state index contributed by atoms with van der Waals surface area (Å²) in [5, 5.41) is 11.6. The van der Waals surface area contributed by atoms with E-state index in [4.69, 9.17) is 10.00 Å². The summed E-state index contributed by atoms with van der Waals surface area (Å²) in [6.45, 7) is 7.56. The molecule has 0 unspecified atom stereocenters. The minimum absolute atomic E-state index is 0.0274. The number of carbonyl (C=O) groups excluding carboxylic acids is 1. The summed E-state index contributed by atoms with van der Waals surface area (Å²) in [5.74, 6) is 1.59. The molecule has 1 aromatic rings. The van der Waals surface area contributed by atoms with E-state index in [0.717, 1.165) is 57.2 Å². The lowest BCUT2D eigenvalue weighted by Crippen LogP contribution is -2.47. The lowest BCUT2D eigenvalue weighted by Gasteiger charge is -2.37. The van der Waals surface area contributed by atoms with Gasteiger partial charge in [0.25, 0.3) is 0 Å². The maximum atomic E-state index is 11.6. The van der Waals surface area contributed by atoms with Crippen LogP contribution in [0.5, 0.6) is 5.75 Å². The van der Waals surface area contributed by atoms with Crippen LogP contribution in [-0.4, -0.2) is 56.7 Å². The molecule has 1 saturated heterocycles. The van der Waals surface area contributed by atoms with Crippen molar-refractivity contribution < 1.29 is 9.53 Å². The molecule has 2 fully saturated rings. The van der Waals surface area contributed by atoms with Crippen molar-refractivity contribution in [3.8, 4) is 11.8 Å². The monoisotopic (exact) mass is 398 g/mol. The van der Waals surface area contributed by atoms with Crippen LogP contribution in [0.15, 0.2) is 18.2 Å². The number of hydrogen-bond acceptors (Lipinski definition) is 5. The van der Waals surface area contributed by atoms with Crippen molar-refractivity contribution in [2.45, 2.75) is 51.5 Å². The smallest absolute Gasteiger partial charge is 0.234 e. The van der Waals surface area contributed by atoms with Gasteiger partial charge in [-0.15, -0.1) is 0 Å². The Labute approximate surface area is 174 Å². The summed E-state index contributed by atoms with van der Waals surface area (Å²) in [5.41, 5.74) is 2.48. The van der Waals surface area contributed by atoms with E-state index in [0.29, 0.717) is 0 Å². The van der Waals surface area contributed by atoms with Gasteiger partial charge in [-0.1, -0.05) is 6.07 Å². The molecular formula is C23H34N4O2. The number of carbonyl (C=O) groups is 1. The highest BCUT2D eigenvalue weighted by atomic mass is 16.5. The van der Waals surface area contributed by atoms with Crippen LogP contribution >= 0.6 is 0 Å². The molecule has 1 aliphatic heterocycles. The maximum Gasteiger partial charge on any atom is 0.234 e. The van der Waals surface area contributed by atoms with Crippen LogP contribution in [0.4, 0.5) is 5.69 Å². The zero-order chi connectivity index (χ0) is 20.6. The maximum absolute atomic E-state index is 11.6. The van der Waals surface area contributed by atoms with Gasteiger partial charge < -0.3 is 15.0 Å². The average molecular weight is 399 g/mol. The van der Waals surface area contributed by atoms with Crippen LogP contribution in [0.25, 0.3) is 0 Å². The predicted molar refractivity (Wildman–Crippen MR) is 115 cm³/mol.